The standard InChI is InChI=1S/C17H15Cl2NO3/c1-10(21)12-4-3-5-14(8-12)20-17(22)11(2)23-16-7-6-13(18)9-15(16)19/h3-9,11H,1-2H3,(H,20,22)/t11-/m0/s1. The van der Waals surface area contributed by atoms with Gasteiger partial charge in [-0.05, 0) is 44.2 Å². The Bertz CT molecular complexity index is 746. The van der Waals surface area contributed by atoms with Crippen molar-refractivity contribution in [2.24, 2.45) is 0 Å². The Morgan fingerprint density at radius 2 is 1.87 bits per heavy atom. The number of halogens is 2. The summed E-state index contributed by atoms with van der Waals surface area (Å²) in [6, 6.07) is 11.5. The number of hydrogen-bond acceptors (Lipinski definition) is 3. The summed E-state index contributed by atoms with van der Waals surface area (Å²) in [6.45, 7) is 3.07. The predicted octanol–water partition coefficient (Wildman–Crippen LogP) is 4.60. The first kappa shape index (κ1) is 17.3. The van der Waals surface area contributed by atoms with Gasteiger partial charge in [0.15, 0.2) is 11.9 Å². The smallest absolute Gasteiger partial charge is 0.265 e. The van der Waals surface area contributed by atoms with E-state index in [0.29, 0.717) is 27.0 Å². The molecule has 1 amide bonds. The molecule has 0 saturated carbocycles. The van der Waals surface area contributed by atoms with Crippen LogP contribution in [0.2, 0.25) is 10.0 Å². The Labute approximate surface area is 144 Å². The first-order valence-corrected chi connectivity index (χ1v) is 7.66. The predicted molar refractivity (Wildman–Crippen MR) is 91.6 cm³/mol. The number of anilines is 1. The third-order valence-electron chi connectivity index (χ3n) is 3.10. The minimum Gasteiger partial charge on any atom is -0.479 e. The van der Waals surface area contributed by atoms with E-state index in [1.807, 2.05) is 0 Å². The zero-order chi connectivity index (χ0) is 17.0. The first-order valence-electron chi connectivity index (χ1n) is 6.90. The van der Waals surface area contributed by atoms with Crippen LogP contribution >= 0.6 is 23.2 Å². The second kappa shape index (κ2) is 7.49. The lowest BCUT2D eigenvalue weighted by atomic mass is 10.1. The second-order valence-electron chi connectivity index (χ2n) is 4.96. The number of nitrogens with one attached hydrogen (secondary N) is 1. The molecule has 0 radical (unpaired) electrons. The summed E-state index contributed by atoms with van der Waals surface area (Å²) in [5.41, 5.74) is 1.05. The highest BCUT2D eigenvalue weighted by molar-refractivity contribution is 6.35. The molecule has 0 fully saturated rings. The number of carbonyl (C=O) groups is 2. The fourth-order valence-electron chi connectivity index (χ4n) is 1.87. The highest BCUT2D eigenvalue weighted by Crippen LogP contribution is 2.28. The molecule has 0 heterocycles. The van der Waals surface area contributed by atoms with E-state index >= 15 is 0 Å². The van der Waals surface area contributed by atoms with Gasteiger partial charge >= 0.3 is 0 Å². The highest BCUT2D eigenvalue weighted by atomic mass is 35.5. The van der Waals surface area contributed by atoms with Crippen LogP contribution in [0.4, 0.5) is 5.69 Å². The highest BCUT2D eigenvalue weighted by Gasteiger charge is 2.16. The fraction of sp³-hybridized carbons (Fsp3) is 0.176. The summed E-state index contributed by atoms with van der Waals surface area (Å²) in [7, 11) is 0. The molecule has 0 aliphatic carbocycles. The van der Waals surface area contributed by atoms with Crippen molar-refractivity contribution in [2.45, 2.75) is 20.0 Å². The number of Topliss-reactive ketones (excluding diaryl/α,β-unsaturated/α-hetero) is 1. The Morgan fingerprint density at radius 1 is 1.13 bits per heavy atom. The fourth-order valence-corrected chi connectivity index (χ4v) is 2.33. The topological polar surface area (TPSA) is 55.4 Å². The third kappa shape index (κ3) is 4.71. The van der Waals surface area contributed by atoms with Gasteiger partial charge in [-0.3, -0.25) is 9.59 Å². The number of amides is 1. The molecular weight excluding hydrogens is 337 g/mol. The molecule has 2 aromatic rings. The van der Waals surface area contributed by atoms with Crippen LogP contribution in [0.5, 0.6) is 5.75 Å². The van der Waals surface area contributed by atoms with Gasteiger partial charge in [0.25, 0.3) is 5.91 Å². The number of ether oxygens (including phenoxy) is 1. The van der Waals surface area contributed by atoms with Crippen molar-refractivity contribution >= 4 is 40.6 Å². The lowest BCUT2D eigenvalue weighted by Gasteiger charge is -2.16. The van der Waals surface area contributed by atoms with Crippen LogP contribution in [0.25, 0.3) is 0 Å². The second-order valence-corrected chi connectivity index (χ2v) is 5.80. The Hall–Kier alpha value is -2.04. The molecule has 0 aliphatic rings. The minimum atomic E-state index is -0.769. The largest absolute Gasteiger partial charge is 0.479 e. The summed E-state index contributed by atoms with van der Waals surface area (Å²) in [5, 5.41) is 3.52. The molecule has 1 atom stereocenters. The van der Waals surface area contributed by atoms with Gasteiger partial charge in [0.1, 0.15) is 5.75 Å². The lowest BCUT2D eigenvalue weighted by Crippen LogP contribution is -2.30. The van der Waals surface area contributed by atoms with Gasteiger partial charge in [0, 0.05) is 16.3 Å². The first-order chi connectivity index (χ1) is 10.9. The maximum Gasteiger partial charge on any atom is 0.265 e. The molecule has 0 unspecified atom stereocenters. The minimum absolute atomic E-state index is 0.0710. The van der Waals surface area contributed by atoms with Gasteiger partial charge < -0.3 is 10.1 Å². The maximum atomic E-state index is 12.2. The number of ketones is 1. The summed E-state index contributed by atoms with van der Waals surface area (Å²) < 4.78 is 5.54. The van der Waals surface area contributed by atoms with Gasteiger partial charge in [0.2, 0.25) is 0 Å². The summed E-state index contributed by atoms with van der Waals surface area (Å²) in [6.07, 6.45) is -0.769. The SMILES string of the molecule is CC(=O)c1cccc(NC(=O)[C@H](C)Oc2ccc(Cl)cc2Cl)c1. The van der Waals surface area contributed by atoms with E-state index < -0.39 is 6.10 Å². The molecule has 120 valence electrons. The van der Waals surface area contributed by atoms with E-state index in [1.54, 1.807) is 49.4 Å². The number of hydrogen-bond donors (Lipinski definition) is 1. The van der Waals surface area contributed by atoms with Gasteiger partial charge in [-0.1, -0.05) is 35.3 Å². The Kier molecular flexibility index (Phi) is 5.64. The van der Waals surface area contributed by atoms with E-state index in [-0.39, 0.29) is 11.7 Å². The van der Waals surface area contributed by atoms with E-state index in [9.17, 15) is 9.59 Å². The van der Waals surface area contributed by atoms with E-state index in [0.717, 1.165) is 0 Å². The molecule has 2 rings (SSSR count). The molecule has 0 bridgehead atoms. The van der Waals surface area contributed by atoms with Crippen LogP contribution < -0.4 is 10.1 Å². The van der Waals surface area contributed by atoms with E-state index in [2.05, 4.69) is 5.32 Å². The summed E-state index contributed by atoms with van der Waals surface area (Å²) in [4.78, 5) is 23.5. The number of carbonyl (C=O) groups excluding carboxylic acids is 2. The van der Waals surface area contributed by atoms with Crippen molar-refractivity contribution in [3.05, 3.63) is 58.1 Å². The molecule has 0 saturated heterocycles. The zero-order valence-corrected chi connectivity index (χ0v) is 14.1. The van der Waals surface area contributed by atoms with Crippen molar-refractivity contribution in [3.8, 4) is 5.75 Å². The van der Waals surface area contributed by atoms with Gasteiger partial charge in [0.05, 0.1) is 5.02 Å². The monoisotopic (exact) mass is 351 g/mol. The molecule has 0 aliphatic heterocycles. The molecule has 23 heavy (non-hydrogen) atoms. The van der Waals surface area contributed by atoms with Crippen LogP contribution in [0.3, 0.4) is 0 Å². The Balaban J connectivity index is 2.05. The third-order valence-corrected chi connectivity index (χ3v) is 3.63. The van der Waals surface area contributed by atoms with Crippen molar-refractivity contribution in [2.75, 3.05) is 5.32 Å². The van der Waals surface area contributed by atoms with Crippen LogP contribution in [0, 0.1) is 0 Å². The molecular formula is C17H15Cl2NO3. The molecule has 1 N–H and O–H groups in total. The van der Waals surface area contributed by atoms with E-state index in [1.165, 1.54) is 6.92 Å². The molecule has 0 aromatic heterocycles. The van der Waals surface area contributed by atoms with Crippen LogP contribution in [-0.4, -0.2) is 17.8 Å². The maximum absolute atomic E-state index is 12.2. The lowest BCUT2D eigenvalue weighted by molar-refractivity contribution is -0.122. The zero-order valence-electron chi connectivity index (χ0n) is 12.6. The average molecular weight is 352 g/mol. The summed E-state index contributed by atoms with van der Waals surface area (Å²) >= 11 is 11.8. The van der Waals surface area contributed by atoms with Gasteiger partial charge in [-0.15, -0.1) is 0 Å². The number of rotatable bonds is 5. The van der Waals surface area contributed by atoms with Crippen LogP contribution in [0.15, 0.2) is 42.5 Å². The van der Waals surface area contributed by atoms with Crippen molar-refractivity contribution in [1.82, 2.24) is 0 Å². The Morgan fingerprint density at radius 3 is 2.52 bits per heavy atom. The van der Waals surface area contributed by atoms with Crippen LogP contribution in [0.1, 0.15) is 24.2 Å². The molecule has 0 spiro atoms. The average Bonchev–Trinajstić information content (AvgIpc) is 2.50. The van der Waals surface area contributed by atoms with Crippen molar-refractivity contribution in [1.29, 1.82) is 0 Å². The van der Waals surface area contributed by atoms with Crippen LogP contribution in [-0.2, 0) is 4.79 Å². The van der Waals surface area contributed by atoms with Crippen molar-refractivity contribution < 1.29 is 14.3 Å². The van der Waals surface area contributed by atoms with Gasteiger partial charge in [-0.2, -0.15) is 0 Å². The number of benzene rings is 2. The molecule has 4 nitrogen and oxygen atoms in total. The molecule has 2 aromatic carbocycles. The normalized spacial score (nSPS) is 11.7. The van der Waals surface area contributed by atoms with Gasteiger partial charge in [-0.25, -0.2) is 0 Å². The quantitative estimate of drug-likeness (QED) is 0.800. The van der Waals surface area contributed by atoms with Crippen molar-refractivity contribution in [3.63, 3.8) is 0 Å². The van der Waals surface area contributed by atoms with E-state index in [4.69, 9.17) is 27.9 Å². The summed E-state index contributed by atoms with van der Waals surface area (Å²) in [5.74, 6) is -0.0498. The molecule has 6 heteroatoms.